The Bertz CT molecular complexity index is 1360. The number of aryl methyl sites for hydroxylation is 2. The Balaban J connectivity index is 1.69. The molecule has 2 N–H and O–H groups in total. The van der Waals surface area contributed by atoms with Crippen LogP contribution in [0.2, 0.25) is 5.02 Å². The number of imidazole rings is 1. The number of benzene rings is 2. The summed E-state index contributed by atoms with van der Waals surface area (Å²) in [6, 6.07) is 10.7. The Morgan fingerprint density at radius 3 is 2.67 bits per heavy atom. The molecule has 4 aromatic rings. The van der Waals surface area contributed by atoms with E-state index in [4.69, 9.17) is 16.3 Å². The van der Waals surface area contributed by atoms with Gasteiger partial charge in [0.15, 0.2) is 10.4 Å². The molecule has 3 heterocycles. The van der Waals surface area contributed by atoms with Crippen molar-refractivity contribution in [3.05, 3.63) is 68.7 Å². The first-order valence-corrected chi connectivity index (χ1v) is 11.4. The van der Waals surface area contributed by atoms with Gasteiger partial charge in [0.05, 0.1) is 36.5 Å². The quantitative estimate of drug-likeness (QED) is 0.381. The number of rotatable bonds is 6. The number of nitrogens with zero attached hydrogens (tertiary/aromatic N) is 5. The van der Waals surface area contributed by atoms with Crippen molar-refractivity contribution in [2.24, 2.45) is 7.05 Å². The highest BCUT2D eigenvalue weighted by Gasteiger charge is 2.34. The third-order valence-electron chi connectivity index (χ3n) is 5.79. The van der Waals surface area contributed by atoms with Crippen LogP contribution in [0.1, 0.15) is 39.4 Å². The summed E-state index contributed by atoms with van der Waals surface area (Å²) in [6.07, 6.45) is 0. The highest BCUT2D eigenvalue weighted by molar-refractivity contribution is 9.10. The van der Waals surface area contributed by atoms with Gasteiger partial charge in [-0.2, -0.15) is 0 Å². The van der Waals surface area contributed by atoms with Crippen molar-refractivity contribution in [1.29, 1.82) is 0 Å². The molecule has 1 atom stereocenters. The number of halogens is 2. The van der Waals surface area contributed by atoms with Crippen LogP contribution in [0.3, 0.4) is 0 Å². The number of carboxylic acid groups (broad SMARTS) is 1. The van der Waals surface area contributed by atoms with Crippen molar-refractivity contribution in [2.45, 2.75) is 19.0 Å². The predicted molar refractivity (Wildman–Crippen MR) is 127 cm³/mol. The molecule has 1 saturated heterocycles. The van der Waals surface area contributed by atoms with Crippen LogP contribution in [0.25, 0.3) is 11.0 Å². The third kappa shape index (κ3) is 3.88. The van der Waals surface area contributed by atoms with E-state index in [-0.39, 0.29) is 11.7 Å². The molecule has 2 aromatic carbocycles. The normalized spacial score (nSPS) is 14.9. The van der Waals surface area contributed by atoms with Gasteiger partial charge in [-0.3, -0.25) is 0 Å². The lowest BCUT2D eigenvalue weighted by atomic mass is 10.00. The first kappa shape index (κ1) is 21.9. The predicted octanol–water partition coefficient (Wildman–Crippen LogP) is 4.36. The minimum atomic E-state index is -1.10. The van der Waals surface area contributed by atoms with E-state index in [0.717, 1.165) is 27.8 Å². The van der Waals surface area contributed by atoms with Gasteiger partial charge in [-0.1, -0.05) is 28.9 Å². The fourth-order valence-corrected chi connectivity index (χ4v) is 4.87. The van der Waals surface area contributed by atoms with Crippen molar-refractivity contribution in [3.8, 4) is 0 Å². The molecule has 0 amide bonds. The van der Waals surface area contributed by atoms with Crippen molar-refractivity contribution in [3.63, 3.8) is 0 Å². The average Bonchev–Trinajstić information content (AvgIpc) is 3.27. The number of aromatic carboxylic acids is 1. The summed E-state index contributed by atoms with van der Waals surface area (Å²) < 4.78 is 9.44. The van der Waals surface area contributed by atoms with Crippen LogP contribution in [-0.2, 0) is 11.8 Å². The number of carbonyl (C=O) groups is 1. The van der Waals surface area contributed by atoms with Crippen LogP contribution in [0.15, 0.2) is 41.1 Å². The number of nitrogens with one attached hydrogen (secondary N) is 1. The summed E-state index contributed by atoms with van der Waals surface area (Å²) in [6.45, 7) is 2.94. The Kier molecular flexibility index (Phi) is 5.59. The molecule has 0 spiro atoms. The first-order valence-electron chi connectivity index (χ1n) is 10.2. The minimum absolute atomic E-state index is 0.0166. The van der Waals surface area contributed by atoms with E-state index in [1.54, 1.807) is 16.8 Å². The fraction of sp³-hybridized carbons (Fsp3) is 0.273. The topological polar surface area (TPSA) is 107 Å². The molecule has 2 aromatic heterocycles. The summed E-state index contributed by atoms with van der Waals surface area (Å²) in [5, 5.41) is 22.4. The van der Waals surface area contributed by atoms with Gasteiger partial charge in [0, 0.05) is 17.8 Å². The Hall–Kier alpha value is -2.95. The zero-order valence-electron chi connectivity index (χ0n) is 17.8. The van der Waals surface area contributed by atoms with Gasteiger partial charge in [0.2, 0.25) is 0 Å². The number of hydrogen-bond acceptors (Lipinski definition) is 6. The summed E-state index contributed by atoms with van der Waals surface area (Å²) in [5.41, 5.74) is 4.79. The second-order valence-electron chi connectivity index (χ2n) is 7.98. The molecule has 5 rings (SSSR count). The lowest BCUT2D eigenvalue weighted by Gasteiger charge is -2.32. The number of anilines is 1. The van der Waals surface area contributed by atoms with Crippen LogP contribution in [0.5, 0.6) is 0 Å². The molecule has 1 aliphatic heterocycles. The van der Waals surface area contributed by atoms with Crippen LogP contribution >= 0.6 is 27.5 Å². The van der Waals surface area contributed by atoms with Crippen molar-refractivity contribution in [2.75, 3.05) is 18.5 Å². The minimum Gasteiger partial charge on any atom is -0.476 e. The second-order valence-corrected chi connectivity index (χ2v) is 9.13. The van der Waals surface area contributed by atoms with Crippen LogP contribution in [0.4, 0.5) is 5.69 Å². The van der Waals surface area contributed by atoms with Crippen molar-refractivity contribution < 1.29 is 14.6 Å². The lowest BCUT2D eigenvalue weighted by molar-refractivity contribution is -0.0255. The van der Waals surface area contributed by atoms with Gasteiger partial charge < -0.3 is 19.7 Å². The zero-order valence-corrected chi connectivity index (χ0v) is 20.1. The van der Waals surface area contributed by atoms with E-state index in [0.29, 0.717) is 28.7 Å². The molecule has 11 heteroatoms. The van der Waals surface area contributed by atoms with Crippen LogP contribution in [0, 0.1) is 6.92 Å². The van der Waals surface area contributed by atoms with Gasteiger partial charge >= 0.3 is 5.97 Å². The molecule has 0 saturated carbocycles. The highest BCUT2D eigenvalue weighted by Crippen LogP contribution is 2.36. The van der Waals surface area contributed by atoms with Crippen molar-refractivity contribution in [1.82, 2.24) is 24.5 Å². The number of fused-ring (bicyclic) bond motifs is 1. The van der Waals surface area contributed by atoms with Gasteiger partial charge in [0.25, 0.3) is 0 Å². The highest BCUT2D eigenvalue weighted by atomic mass is 79.9. The van der Waals surface area contributed by atoms with Crippen LogP contribution < -0.4 is 5.32 Å². The van der Waals surface area contributed by atoms with E-state index < -0.39 is 12.0 Å². The first-order chi connectivity index (χ1) is 15.8. The molecule has 1 unspecified atom stereocenters. The molecular weight excluding hydrogens is 512 g/mol. The number of carboxylic acids is 1. The van der Waals surface area contributed by atoms with Gasteiger partial charge in [-0.25, -0.2) is 14.5 Å². The van der Waals surface area contributed by atoms with E-state index >= 15 is 0 Å². The smallest absolute Gasteiger partial charge is 0.356 e. The maximum Gasteiger partial charge on any atom is 0.356 e. The molecule has 1 aliphatic rings. The summed E-state index contributed by atoms with van der Waals surface area (Å²) in [4.78, 5) is 16.5. The molecule has 0 bridgehead atoms. The van der Waals surface area contributed by atoms with Gasteiger partial charge in [-0.05, 0) is 58.2 Å². The van der Waals surface area contributed by atoms with Crippen LogP contribution in [-0.4, -0.2) is 48.8 Å². The Morgan fingerprint density at radius 1 is 1.30 bits per heavy atom. The fourth-order valence-electron chi connectivity index (χ4n) is 4.08. The summed E-state index contributed by atoms with van der Waals surface area (Å²) >= 11 is 9.60. The second kappa shape index (κ2) is 8.44. The molecule has 33 heavy (non-hydrogen) atoms. The Labute approximate surface area is 202 Å². The maximum absolute atomic E-state index is 12.2. The van der Waals surface area contributed by atoms with E-state index in [1.165, 1.54) is 0 Å². The largest absolute Gasteiger partial charge is 0.476 e. The monoisotopic (exact) mass is 530 g/mol. The number of ether oxygens (including phenoxy) is 1. The molecular formula is C22H20BrClN6O3. The number of hydrogen-bond donors (Lipinski definition) is 2. The third-order valence-corrected chi connectivity index (χ3v) is 6.60. The summed E-state index contributed by atoms with van der Waals surface area (Å²) in [5.74, 6) is -1.10. The van der Waals surface area contributed by atoms with Gasteiger partial charge in [-0.15, -0.1) is 5.10 Å². The SMILES string of the molecule is Cc1cc(NC(c2ccc(Cl)cc2)c2c(C(=O)O)nc(Br)n2C2COC2)cc2c1nnn2C. The van der Waals surface area contributed by atoms with Gasteiger partial charge in [0.1, 0.15) is 5.52 Å². The summed E-state index contributed by atoms with van der Waals surface area (Å²) in [7, 11) is 1.83. The van der Waals surface area contributed by atoms with E-state index in [2.05, 4.69) is 36.5 Å². The maximum atomic E-state index is 12.2. The average molecular weight is 532 g/mol. The zero-order chi connectivity index (χ0) is 23.3. The molecule has 0 aliphatic carbocycles. The molecule has 1 fully saturated rings. The Morgan fingerprint density at radius 2 is 2.03 bits per heavy atom. The molecule has 170 valence electrons. The molecule has 9 nitrogen and oxygen atoms in total. The van der Waals surface area contributed by atoms with E-state index in [1.807, 2.05) is 42.8 Å². The lowest BCUT2D eigenvalue weighted by Crippen LogP contribution is -2.33. The number of aromatic nitrogens is 5. The van der Waals surface area contributed by atoms with E-state index in [9.17, 15) is 9.90 Å². The van der Waals surface area contributed by atoms with Crippen molar-refractivity contribution >= 4 is 50.2 Å². The standard InChI is InChI=1S/C22H20BrClN6O3/c1-11-7-14(8-16-17(11)27-28-29(16)2)25-18(12-3-5-13(24)6-4-12)20-19(21(31)32)26-22(23)30(20)15-9-33-10-15/h3-8,15,18,25H,9-10H2,1-2H3,(H,31,32). The molecule has 0 radical (unpaired) electrons.